The van der Waals surface area contributed by atoms with Crippen molar-refractivity contribution in [1.29, 1.82) is 0 Å². The zero-order valence-corrected chi connectivity index (χ0v) is 20.3. The van der Waals surface area contributed by atoms with Crippen molar-refractivity contribution in [3.63, 3.8) is 0 Å². The third-order valence-electron chi connectivity index (χ3n) is 7.35. The Bertz CT molecular complexity index is 1160. The second-order valence-corrected chi connectivity index (χ2v) is 9.68. The fraction of sp³-hybridized carbons (Fsp3) is 0.600. The molecule has 34 heavy (non-hydrogen) atoms. The van der Waals surface area contributed by atoms with Gasteiger partial charge in [-0.2, -0.15) is 5.10 Å². The first kappa shape index (κ1) is 21.6. The van der Waals surface area contributed by atoms with Gasteiger partial charge in [-0.25, -0.2) is 19.6 Å². The first-order valence-electron chi connectivity index (χ1n) is 12.8. The maximum absolute atomic E-state index is 6.20. The molecule has 3 aliphatic heterocycles. The van der Waals surface area contributed by atoms with Crippen LogP contribution in [0, 0.1) is 6.92 Å². The number of rotatable bonds is 5. The highest BCUT2D eigenvalue weighted by Crippen LogP contribution is 2.36. The lowest BCUT2D eigenvalue weighted by Gasteiger charge is -2.33. The molecule has 0 bridgehead atoms. The SMILES string of the molecule is CCn1nc(C)nc1-c1cn2c(n1)-c1cnc(N3CCCC3CN3CCCCC3)cc1OCC2. The molecule has 0 spiro atoms. The quantitative estimate of drug-likeness (QED) is 0.575. The number of fused-ring (bicyclic) bond motifs is 3. The lowest BCUT2D eigenvalue weighted by atomic mass is 10.1. The van der Waals surface area contributed by atoms with E-state index in [1.165, 1.54) is 45.2 Å². The van der Waals surface area contributed by atoms with Gasteiger partial charge in [0, 0.05) is 44.1 Å². The van der Waals surface area contributed by atoms with E-state index in [4.69, 9.17) is 14.7 Å². The minimum atomic E-state index is 0.534. The summed E-state index contributed by atoms with van der Waals surface area (Å²) in [6.07, 6.45) is 10.5. The number of aryl methyl sites for hydroxylation is 2. The van der Waals surface area contributed by atoms with Gasteiger partial charge in [0.05, 0.1) is 12.1 Å². The molecular weight excluding hydrogens is 428 g/mol. The molecule has 0 radical (unpaired) electrons. The first-order chi connectivity index (χ1) is 16.7. The van der Waals surface area contributed by atoms with Gasteiger partial charge in [0.15, 0.2) is 5.82 Å². The van der Waals surface area contributed by atoms with Crippen molar-refractivity contribution in [2.45, 2.75) is 65.1 Å². The molecule has 2 saturated heterocycles. The van der Waals surface area contributed by atoms with Gasteiger partial charge in [-0.15, -0.1) is 0 Å². The monoisotopic (exact) mass is 462 g/mol. The molecule has 9 nitrogen and oxygen atoms in total. The Morgan fingerprint density at radius 3 is 2.76 bits per heavy atom. The molecule has 0 aromatic carbocycles. The highest BCUT2D eigenvalue weighted by molar-refractivity contribution is 5.69. The van der Waals surface area contributed by atoms with Crippen LogP contribution < -0.4 is 9.64 Å². The maximum Gasteiger partial charge on any atom is 0.178 e. The zero-order valence-electron chi connectivity index (χ0n) is 20.3. The minimum Gasteiger partial charge on any atom is -0.491 e. The zero-order chi connectivity index (χ0) is 23.1. The van der Waals surface area contributed by atoms with Crippen molar-refractivity contribution in [2.24, 2.45) is 0 Å². The van der Waals surface area contributed by atoms with Gasteiger partial charge >= 0.3 is 0 Å². The molecule has 6 heterocycles. The Hall–Kier alpha value is -2.94. The topological polar surface area (TPSA) is 77.1 Å². The van der Waals surface area contributed by atoms with Crippen LogP contribution in [0.2, 0.25) is 0 Å². The predicted molar refractivity (Wildman–Crippen MR) is 131 cm³/mol. The van der Waals surface area contributed by atoms with E-state index in [9.17, 15) is 0 Å². The molecule has 9 heteroatoms. The first-order valence-corrected chi connectivity index (χ1v) is 12.8. The van der Waals surface area contributed by atoms with Gasteiger partial charge in [0.25, 0.3) is 0 Å². The van der Waals surface area contributed by atoms with Gasteiger partial charge in [-0.3, -0.25) is 0 Å². The lowest BCUT2D eigenvalue weighted by molar-refractivity contribution is 0.216. The largest absolute Gasteiger partial charge is 0.491 e. The summed E-state index contributed by atoms with van der Waals surface area (Å²) in [5, 5.41) is 4.49. The van der Waals surface area contributed by atoms with Gasteiger partial charge < -0.3 is 19.1 Å². The molecule has 1 unspecified atom stereocenters. The molecule has 3 aromatic heterocycles. The summed E-state index contributed by atoms with van der Waals surface area (Å²) < 4.78 is 10.3. The number of ether oxygens (including phenoxy) is 1. The molecular formula is C25H34N8O. The molecule has 2 fully saturated rings. The van der Waals surface area contributed by atoms with Gasteiger partial charge in [0.2, 0.25) is 0 Å². The van der Waals surface area contributed by atoms with Crippen LogP contribution in [0.3, 0.4) is 0 Å². The van der Waals surface area contributed by atoms with Crippen LogP contribution in [0.4, 0.5) is 5.82 Å². The lowest BCUT2D eigenvalue weighted by Crippen LogP contribution is -2.42. The van der Waals surface area contributed by atoms with Crippen molar-refractivity contribution in [3.05, 3.63) is 24.3 Å². The fourth-order valence-corrected chi connectivity index (χ4v) is 5.67. The summed E-state index contributed by atoms with van der Waals surface area (Å²) in [7, 11) is 0. The van der Waals surface area contributed by atoms with Crippen molar-refractivity contribution in [2.75, 3.05) is 37.7 Å². The van der Waals surface area contributed by atoms with Crippen LogP contribution >= 0.6 is 0 Å². The summed E-state index contributed by atoms with van der Waals surface area (Å²) in [4.78, 5) is 19.6. The van der Waals surface area contributed by atoms with Crippen LogP contribution in [0.1, 0.15) is 44.9 Å². The van der Waals surface area contributed by atoms with E-state index >= 15 is 0 Å². The molecule has 0 N–H and O–H groups in total. The number of aromatic nitrogens is 6. The van der Waals surface area contributed by atoms with Crippen LogP contribution in [0.25, 0.3) is 22.9 Å². The normalized spacial score (nSPS) is 20.6. The highest BCUT2D eigenvalue weighted by atomic mass is 16.5. The summed E-state index contributed by atoms with van der Waals surface area (Å²) in [5.74, 6) is 4.36. The van der Waals surface area contributed by atoms with Crippen molar-refractivity contribution >= 4 is 5.82 Å². The Morgan fingerprint density at radius 1 is 1.03 bits per heavy atom. The van der Waals surface area contributed by atoms with Crippen molar-refractivity contribution in [3.8, 4) is 28.7 Å². The molecule has 180 valence electrons. The van der Waals surface area contributed by atoms with Crippen LogP contribution in [0.5, 0.6) is 5.75 Å². The van der Waals surface area contributed by atoms with E-state index in [0.29, 0.717) is 12.6 Å². The average molecular weight is 463 g/mol. The van der Waals surface area contributed by atoms with Crippen LogP contribution in [0.15, 0.2) is 18.5 Å². The smallest absolute Gasteiger partial charge is 0.178 e. The number of hydrogen-bond donors (Lipinski definition) is 0. The Kier molecular flexibility index (Phi) is 5.72. The molecule has 3 aliphatic rings. The molecule has 0 amide bonds. The van der Waals surface area contributed by atoms with E-state index in [-0.39, 0.29) is 0 Å². The molecule has 0 aliphatic carbocycles. The van der Waals surface area contributed by atoms with Crippen molar-refractivity contribution < 1.29 is 4.74 Å². The number of nitrogens with zero attached hydrogens (tertiary/aromatic N) is 8. The Morgan fingerprint density at radius 2 is 1.91 bits per heavy atom. The highest BCUT2D eigenvalue weighted by Gasteiger charge is 2.30. The summed E-state index contributed by atoms with van der Waals surface area (Å²) in [6, 6.07) is 2.67. The minimum absolute atomic E-state index is 0.534. The third kappa shape index (κ3) is 3.96. The van der Waals surface area contributed by atoms with Crippen molar-refractivity contribution in [1.82, 2.24) is 34.2 Å². The Labute approximate surface area is 200 Å². The Balaban J connectivity index is 1.29. The summed E-state index contributed by atoms with van der Waals surface area (Å²) in [5.41, 5.74) is 1.79. The molecule has 1 atom stereocenters. The fourth-order valence-electron chi connectivity index (χ4n) is 5.67. The molecule has 6 rings (SSSR count). The number of likely N-dealkylation sites (tertiary alicyclic amines) is 1. The van der Waals surface area contributed by atoms with Gasteiger partial charge in [-0.1, -0.05) is 6.42 Å². The number of anilines is 1. The molecule has 3 aromatic rings. The predicted octanol–water partition coefficient (Wildman–Crippen LogP) is 3.38. The maximum atomic E-state index is 6.20. The van der Waals surface area contributed by atoms with Gasteiger partial charge in [0.1, 0.15) is 35.5 Å². The number of pyridine rings is 1. The van der Waals surface area contributed by atoms with E-state index in [0.717, 1.165) is 66.5 Å². The van der Waals surface area contributed by atoms with E-state index in [1.807, 2.05) is 17.8 Å². The van der Waals surface area contributed by atoms with Gasteiger partial charge in [-0.05, 0) is 52.6 Å². The van der Waals surface area contributed by atoms with E-state index in [1.54, 1.807) is 0 Å². The number of imidazole rings is 1. The van der Waals surface area contributed by atoms with Crippen LogP contribution in [-0.4, -0.2) is 73.0 Å². The third-order valence-corrected chi connectivity index (χ3v) is 7.35. The van der Waals surface area contributed by atoms with E-state index < -0.39 is 0 Å². The summed E-state index contributed by atoms with van der Waals surface area (Å²) >= 11 is 0. The molecule has 0 saturated carbocycles. The number of piperidine rings is 1. The number of hydrogen-bond acceptors (Lipinski definition) is 7. The van der Waals surface area contributed by atoms with Crippen LogP contribution in [-0.2, 0) is 13.1 Å². The standard InChI is InChI=1S/C25H34N8O/c1-3-33-25(27-18(2)29-33)21-17-31-12-13-34-22-14-23(26-15-20(22)24(31)28-21)32-11-7-8-19(32)16-30-9-5-4-6-10-30/h14-15,17,19H,3-13,16H2,1-2H3. The average Bonchev–Trinajstić information content (AvgIpc) is 3.56. The second kappa shape index (κ2) is 9.02. The second-order valence-electron chi connectivity index (χ2n) is 9.68. The van der Waals surface area contributed by atoms with E-state index in [2.05, 4.69) is 43.6 Å². The summed E-state index contributed by atoms with van der Waals surface area (Å²) in [6.45, 7) is 10.8.